The molecule has 0 N–H and O–H groups in total. The number of hydrogen-bond donors (Lipinski definition) is 0. The fraction of sp³-hybridized carbons (Fsp3) is 0.556. The van der Waals surface area contributed by atoms with E-state index in [4.69, 9.17) is 77.8 Å². The monoisotopic (exact) mass is 1210 g/mol. The fourth-order valence-electron chi connectivity index (χ4n) is 10.9. The van der Waals surface area contributed by atoms with Crippen LogP contribution in [0.1, 0.15) is 209 Å². The number of aromatic nitrogens is 8. The third-order valence-electron chi connectivity index (χ3n) is 16.0. The van der Waals surface area contributed by atoms with Crippen molar-refractivity contribution in [1.29, 1.82) is 0 Å². The van der Waals surface area contributed by atoms with Gasteiger partial charge >= 0.3 is 37.7 Å². The van der Waals surface area contributed by atoms with Crippen LogP contribution in [0.5, 0.6) is 46.0 Å². The first-order valence-electron chi connectivity index (χ1n) is 33.8. The Hall–Kier alpha value is -6.17. The summed E-state index contributed by atoms with van der Waals surface area (Å²) in [7, 11) is 0. The van der Waals surface area contributed by atoms with E-state index in [0.717, 1.165) is 154 Å². The Morgan fingerprint density at radius 3 is 0.567 bits per heavy atom. The molecule has 0 spiro atoms. The molecule has 0 atom stereocenters. The van der Waals surface area contributed by atoms with E-state index in [2.05, 4.69) is 55.4 Å². The van der Waals surface area contributed by atoms with Crippen molar-refractivity contribution in [3.8, 4) is 91.5 Å². The van der Waals surface area contributed by atoms with Gasteiger partial charge in [0.05, 0.1) is 76.2 Å². The molecular formula is C72H96Li2N8O8. The van der Waals surface area contributed by atoms with E-state index in [-0.39, 0.29) is 37.7 Å². The standard InChI is InChI=1S/C72H96N8O8.2Li/c1-9-17-25-33-81-57-41-49-50(42-58(57)82-34-26-18-10-2)66-73-65(49)77-67-51-43-59(83-35-27-19-11-3)60(84-36-28-20-12-4)44-52(51)69(74-67)79-71-55-47-63(87-39-31-23-15-7)64(88-40-32-24-16-8)48-56(55)72(76-71)80-70-54-46-62(86-38-30-22-14-6)61(85-37-29-21-13-5)45-53(54)68(75-70)78-66;;/h41-48H,9-40H2,1-8H3;;/q-2;2*+1. The third kappa shape index (κ3) is 18.5. The average molecular weight is 1220 g/mol. The van der Waals surface area contributed by atoms with E-state index in [0.29, 0.717) is 189 Å². The zero-order chi connectivity index (χ0) is 61.5. The molecular weight excluding hydrogens is 1120 g/mol. The van der Waals surface area contributed by atoms with Crippen molar-refractivity contribution in [2.24, 2.45) is 0 Å². The summed E-state index contributed by atoms with van der Waals surface area (Å²) in [6, 6.07) is 16.0. The Bertz CT molecular complexity index is 3110. The van der Waals surface area contributed by atoms with Gasteiger partial charge in [-0.25, -0.2) is 9.97 Å². The number of hydrogen-bond acceptors (Lipinski definition) is 14. The molecule has 0 fully saturated rings. The molecule has 3 aromatic heterocycles. The maximum absolute atomic E-state index is 6.64. The molecule has 0 amide bonds. The van der Waals surface area contributed by atoms with Crippen LogP contribution in [0.3, 0.4) is 0 Å². The summed E-state index contributed by atoms with van der Waals surface area (Å²) in [5, 5.41) is 2.86. The van der Waals surface area contributed by atoms with E-state index < -0.39 is 0 Å². The van der Waals surface area contributed by atoms with Crippen molar-refractivity contribution in [3.63, 3.8) is 0 Å². The van der Waals surface area contributed by atoms with Crippen molar-refractivity contribution >= 4 is 44.1 Å². The van der Waals surface area contributed by atoms with Crippen LogP contribution in [0.2, 0.25) is 0 Å². The van der Waals surface area contributed by atoms with Gasteiger partial charge in [0.25, 0.3) is 0 Å². The van der Waals surface area contributed by atoms with Gasteiger partial charge in [-0.1, -0.05) is 158 Å². The Balaban J connectivity index is 0.00000576. The molecule has 474 valence electrons. The van der Waals surface area contributed by atoms with Crippen LogP contribution in [-0.4, -0.2) is 82.8 Å². The van der Waals surface area contributed by atoms with Gasteiger partial charge in [-0.3, -0.25) is 0 Å². The largest absolute Gasteiger partial charge is 1.00 e. The summed E-state index contributed by atoms with van der Waals surface area (Å²) in [6.45, 7) is 21.8. The first-order valence-corrected chi connectivity index (χ1v) is 33.8. The van der Waals surface area contributed by atoms with E-state index in [1.54, 1.807) is 0 Å². The normalized spacial score (nSPS) is 11.5. The molecule has 0 unspecified atom stereocenters. The second-order valence-electron chi connectivity index (χ2n) is 23.3. The minimum atomic E-state index is 0. The molecule has 0 aliphatic carbocycles. The minimum absolute atomic E-state index is 0. The molecule has 5 heterocycles. The molecule has 4 aromatic carbocycles. The van der Waals surface area contributed by atoms with Crippen LogP contribution in [0.4, 0.5) is 0 Å². The second-order valence-corrected chi connectivity index (χ2v) is 23.3. The maximum Gasteiger partial charge on any atom is 1.00 e. The summed E-state index contributed by atoms with van der Waals surface area (Å²) in [5.74, 6) is 6.52. The van der Waals surface area contributed by atoms with Crippen molar-refractivity contribution in [2.75, 3.05) is 52.9 Å². The first kappa shape index (κ1) is 71.3. The molecule has 8 bridgehead atoms. The topological polar surface area (TPSA) is 179 Å². The zero-order valence-electron chi connectivity index (χ0n) is 56.1. The van der Waals surface area contributed by atoms with Gasteiger partial charge in [0.2, 0.25) is 0 Å². The Kier molecular flexibility index (Phi) is 29.6. The van der Waals surface area contributed by atoms with Gasteiger partial charge in [-0.05, 0) is 121 Å². The van der Waals surface area contributed by atoms with Crippen molar-refractivity contribution in [3.05, 3.63) is 48.5 Å². The first-order chi connectivity index (χ1) is 43.3. The van der Waals surface area contributed by atoms with Crippen molar-refractivity contribution in [1.82, 2.24) is 39.9 Å². The van der Waals surface area contributed by atoms with Gasteiger partial charge in [0, 0.05) is 44.8 Å². The van der Waals surface area contributed by atoms with Crippen molar-refractivity contribution in [2.45, 2.75) is 209 Å². The molecule has 9 rings (SSSR count). The third-order valence-corrected chi connectivity index (χ3v) is 16.0. The Morgan fingerprint density at radius 1 is 0.233 bits per heavy atom. The molecule has 90 heavy (non-hydrogen) atoms. The van der Waals surface area contributed by atoms with Crippen LogP contribution in [-0.2, 0) is 0 Å². The van der Waals surface area contributed by atoms with Crippen LogP contribution in [0.15, 0.2) is 48.5 Å². The predicted molar refractivity (Wildman–Crippen MR) is 354 cm³/mol. The molecule has 7 aromatic rings. The smallest absolute Gasteiger partial charge is 0.490 e. The number of nitrogens with zero attached hydrogens (tertiary/aromatic N) is 8. The number of rotatable bonds is 40. The SMILES string of the molecule is CCCCCOc1cc2c(cc1OCCCCC)-c1nc-2nc2[n-]c(nc3nc(nc4[n-]c(n1)c1cc(OCCCCC)c(OCCCCC)cc41)-c1cc(OCCCCC)c(OCCCCC)cc1-3)c1cc(OCCCCC)c(OCCCCC)cc21.[Li+].[Li+]. The summed E-state index contributed by atoms with van der Waals surface area (Å²) in [6.07, 6.45) is 24.1. The molecule has 18 heteroatoms. The molecule has 0 radical (unpaired) electrons. The summed E-state index contributed by atoms with van der Waals surface area (Å²) in [4.78, 5) is 43.2. The molecule has 2 aliphatic rings. The quantitative estimate of drug-likeness (QED) is 0.0261. The van der Waals surface area contributed by atoms with E-state index in [1.165, 1.54) is 0 Å². The fourth-order valence-corrected chi connectivity index (χ4v) is 10.9. The molecule has 16 nitrogen and oxygen atoms in total. The van der Waals surface area contributed by atoms with Gasteiger partial charge in [0.1, 0.15) is 0 Å². The minimum Gasteiger partial charge on any atom is -0.490 e. The van der Waals surface area contributed by atoms with E-state index in [1.807, 2.05) is 48.5 Å². The summed E-state index contributed by atoms with van der Waals surface area (Å²) in [5.41, 5.74) is 4.44. The average Bonchev–Trinajstić information content (AvgIpc) is 1.69. The van der Waals surface area contributed by atoms with Crippen LogP contribution in [0, 0.1) is 0 Å². The van der Waals surface area contributed by atoms with E-state index >= 15 is 0 Å². The zero-order valence-corrected chi connectivity index (χ0v) is 56.1. The molecule has 2 aliphatic heterocycles. The Labute approximate surface area is 558 Å². The van der Waals surface area contributed by atoms with Crippen LogP contribution >= 0.6 is 0 Å². The van der Waals surface area contributed by atoms with Gasteiger partial charge in [0.15, 0.2) is 46.0 Å². The van der Waals surface area contributed by atoms with Crippen molar-refractivity contribution < 1.29 is 75.6 Å². The molecule has 0 saturated carbocycles. The summed E-state index contributed by atoms with van der Waals surface area (Å²) >= 11 is 0. The maximum atomic E-state index is 6.64. The number of benzene rings is 4. The molecule has 0 saturated heterocycles. The van der Waals surface area contributed by atoms with Gasteiger partial charge < -0.3 is 67.8 Å². The summed E-state index contributed by atoms with van der Waals surface area (Å²) < 4.78 is 53.1. The number of ether oxygens (including phenoxy) is 8. The van der Waals surface area contributed by atoms with Crippen LogP contribution < -0.4 is 85.6 Å². The van der Waals surface area contributed by atoms with Crippen LogP contribution in [0.25, 0.3) is 89.7 Å². The second kappa shape index (κ2) is 37.4. The van der Waals surface area contributed by atoms with Gasteiger partial charge in [-0.15, -0.1) is 0 Å². The number of fused-ring (bicyclic) bond motifs is 20. The Morgan fingerprint density at radius 2 is 0.400 bits per heavy atom. The predicted octanol–water partition coefficient (Wildman–Crippen LogP) is 12.7. The number of unbranched alkanes of at least 4 members (excludes halogenated alkanes) is 16. The van der Waals surface area contributed by atoms with E-state index in [9.17, 15) is 0 Å². The van der Waals surface area contributed by atoms with Gasteiger partial charge in [-0.2, -0.15) is 0 Å².